The fourth-order valence-electron chi connectivity index (χ4n) is 1.74. The maximum atomic E-state index is 12.2. The van der Waals surface area contributed by atoms with Crippen LogP contribution in [0, 0.1) is 11.3 Å². The molecular formula is C9H9BrN2O3S. The molecule has 1 aliphatic heterocycles. The lowest BCUT2D eigenvalue weighted by Crippen LogP contribution is -2.34. The molecule has 0 saturated carbocycles. The summed E-state index contributed by atoms with van der Waals surface area (Å²) in [6.45, 7) is 0.387. The van der Waals surface area contributed by atoms with Gasteiger partial charge in [0.2, 0.25) is 10.0 Å². The van der Waals surface area contributed by atoms with Crippen molar-refractivity contribution >= 4 is 26.0 Å². The number of furan rings is 1. The number of rotatable bonds is 2. The molecule has 2 heterocycles. The zero-order chi connectivity index (χ0) is 11.8. The Labute approximate surface area is 102 Å². The van der Waals surface area contributed by atoms with Gasteiger partial charge in [0.1, 0.15) is 23.5 Å². The predicted octanol–water partition coefficient (Wildman–Crippen LogP) is 1.72. The molecule has 0 aromatic carbocycles. The van der Waals surface area contributed by atoms with Crippen LogP contribution in [0.1, 0.15) is 12.8 Å². The monoisotopic (exact) mass is 304 g/mol. The van der Waals surface area contributed by atoms with E-state index in [0.717, 1.165) is 0 Å². The van der Waals surface area contributed by atoms with Crippen molar-refractivity contribution in [3.63, 3.8) is 0 Å². The SMILES string of the molecule is N#CC1CCCN1S(=O)(=O)c1cocc1Br. The third-order valence-electron chi connectivity index (χ3n) is 2.52. The van der Waals surface area contributed by atoms with Crippen molar-refractivity contribution in [3.05, 3.63) is 17.0 Å². The summed E-state index contributed by atoms with van der Waals surface area (Å²) in [5.74, 6) is 0. The Bertz CT molecular complexity index is 531. The maximum absolute atomic E-state index is 12.2. The number of nitrogens with zero attached hydrogens (tertiary/aromatic N) is 2. The van der Waals surface area contributed by atoms with E-state index >= 15 is 0 Å². The molecule has 1 unspecified atom stereocenters. The van der Waals surface area contributed by atoms with Crippen LogP contribution in [0.3, 0.4) is 0 Å². The highest BCUT2D eigenvalue weighted by atomic mass is 79.9. The molecule has 0 aliphatic carbocycles. The first kappa shape index (κ1) is 11.6. The van der Waals surface area contributed by atoms with Gasteiger partial charge in [-0.2, -0.15) is 9.57 Å². The second kappa shape index (κ2) is 4.20. The summed E-state index contributed by atoms with van der Waals surface area (Å²) in [5.41, 5.74) is 0. The third kappa shape index (κ3) is 1.77. The Balaban J connectivity index is 2.41. The molecule has 16 heavy (non-hydrogen) atoms. The molecule has 1 fully saturated rings. The topological polar surface area (TPSA) is 74.3 Å². The Morgan fingerprint density at radius 3 is 2.88 bits per heavy atom. The minimum atomic E-state index is -3.62. The van der Waals surface area contributed by atoms with E-state index in [2.05, 4.69) is 15.9 Å². The predicted molar refractivity (Wildman–Crippen MR) is 58.9 cm³/mol. The second-order valence-electron chi connectivity index (χ2n) is 3.49. The van der Waals surface area contributed by atoms with Crippen LogP contribution in [0.4, 0.5) is 0 Å². The number of sulfonamides is 1. The van der Waals surface area contributed by atoms with Crippen LogP contribution in [0.25, 0.3) is 0 Å². The largest absolute Gasteiger partial charge is 0.470 e. The first-order valence-corrected chi connectivity index (χ1v) is 6.94. The standard InChI is InChI=1S/C9H9BrN2O3S/c10-8-5-15-6-9(8)16(13,14)12-3-1-2-7(12)4-11/h5-7H,1-3H2. The number of halogens is 1. The van der Waals surface area contributed by atoms with Gasteiger partial charge < -0.3 is 4.42 Å². The molecule has 0 amide bonds. The molecule has 86 valence electrons. The molecule has 0 radical (unpaired) electrons. The number of nitriles is 1. The highest BCUT2D eigenvalue weighted by molar-refractivity contribution is 9.10. The highest BCUT2D eigenvalue weighted by Gasteiger charge is 2.37. The molecule has 2 rings (SSSR count). The minimum Gasteiger partial charge on any atom is -0.470 e. The van der Waals surface area contributed by atoms with Crippen LogP contribution < -0.4 is 0 Å². The van der Waals surface area contributed by atoms with Gasteiger partial charge in [-0.25, -0.2) is 8.42 Å². The molecule has 0 bridgehead atoms. The Hall–Kier alpha value is -0.840. The van der Waals surface area contributed by atoms with Crippen LogP contribution in [-0.2, 0) is 10.0 Å². The molecule has 1 aliphatic rings. The fraction of sp³-hybridized carbons (Fsp3) is 0.444. The lowest BCUT2D eigenvalue weighted by Gasteiger charge is -2.18. The molecule has 5 nitrogen and oxygen atoms in total. The number of hydrogen-bond donors (Lipinski definition) is 0. The number of hydrogen-bond acceptors (Lipinski definition) is 4. The van der Waals surface area contributed by atoms with Gasteiger partial charge in [0, 0.05) is 6.54 Å². The molecule has 1 aromatic rings. The lowest BCUT2D eigenvalue weighted by atomic mass is 10.2. The van der Waals surface area contributed by atoms with Gasteiger partial charge >= 0.3 is 0 Å². The summed E-state index contributed by atoms with van der Waals surface area (Å²) in [5, 5.41) is 8.88. The van der Waals surface area contributed by atoms with E-state index in [1.165, 1.54) is 16.8 Å². The van der Waals surface area contributed by atoms with Crippen LogP contribution >= 0.6 is 15.9 Å². The van der Waals surface area contributed by atoms with E-state index in [9.17, 15) is 8.42 Å². The summed E-state index contributed by atoms with van der Waals surface area (Å²) < 4.78 is 30.8. The molecule has 1 atom stereocenters. The van der Waals surface area contributed by atoms with Gasteiger partial charge in [0.05, 0.1) is 10.5 Å². The first-order valence-electron chi connectivity index (χ1n) is 4.70. The average molecular weight is 305 g/mol. The molecule has 1 saturated heterocycles. The molecule has 7 heteroatoms. The summed E-state index contributed by atoms with van der Waals surface area (Å²) in [4.78, 5) is 0.0784. The zero-order valence-corrected chi connectivity index (χ0v) is 10.7. The highest BCUT2D eigenvalue weighted by Crippen LogP contribution is 2.30. The van der Waals surface area contributed by atoms with Gasteiger partial charge in [-0.15, -0.1) is 0 Å². The first-order chi connectivity index (χ1) is 7.57. The molecule has 0 spiro atoms. The van der Waals surface area contributed by atoms with E-state index in [1.807, 2.05) is 6.07 Å². The van der Waals surface area contributed by atoms with Gasteiger partial charge in [-0.05, 0) is 28.8 Å². The van der Waals surface area contributed by atoms with Crippen molar-refractivity contribution in [2.24, 2.45) is 0 Å². The van der Waals surface area contributed by atoms with Gasteiger partial charge in [-0.3, -0.25) is 0 Å². The van der Waals surface area contributed by atoms with Crippen molar-refractivity contribution in [2.45, 2.75) is 23.8 Å². The second-order valence-corrected chi connectivity index (χ2v) is 6.20. The summed E-state index contributed by atoms with van der Waals surface area (Å²) >= 11 is 3.11. The average Bonchev–Trinajstić information content (AvgIpc) is 2.85. The van der Waals surface area contributed by atoms with Crippen molar-refractivity contribution in [1.82, 2.24) is 4.31 Å². The smallest absolute Gasteiger partial charge is 0.248 e. The minimum absolute atomic E-state index is 0.0784. The van der Waals surface area contributed by atoms with Crippen molar-refractivity contribution in [1.29, 1.82) is 5.26 Å². The lowest BCUT2D eigenvalue weighted by molar-refractivity contribution is 0.436. The normalized spacial score (nSPS) is 22.1. The fourth-order valence-corrected chi connectivity index (χ4v) is 4.13. The summed E-state index contributed by atoms with van der Waals surface area (Å²) in [6, 6.07) is 1.44. The summed E-state index contributed by atoms with van der Waals surface area (Å²) in [6.07, 6.45) is 3.79. The van der Waals surface area contributed by atoms with Gasteiger partial charge in [0.15, 0.2) is 0 Å². The van der Waals surface area contributed by atoms with Crippen LogP contribution in [0.15, 0.2) is 26.3 Å². The zero-order valence-electron chi connectivity index (χ0n) is 8.26. The van der Waals surface area contributed by atoms with Crippen LogP contribution in [0.2, 0.25) is 0 Å². The molecular weight excluding hydrogens is 296 g/mol. The van der Waals surface area contributed by atoms with E-state index in [4.69, 9.17) is 9.68 Å². The molecule has 1 aromatic heterocycles. The quantitative estimate of drug-likeness (QED) is 0.834. The Morgan fingerprint density at radius 1 is 1.56 bits per heavy atom. The Morgan fingerprint density at radius 2 is 2.31 bits per heavy atom. The van der Waals surface area contributed by atoms with Crippen molar-refractivity contribution in [2.75, 3.05) is 6.54 Å². The third-order valence-corrected chi connectivity index (χ3v) is 5.32. The van der Waals surface area contributed by atoms with Gasteiger partial charge in [-0.1, -0.05) is 0 Å². The van der Waals surface area contributed by atoms with Crippen molar-refractivity contribution < 1.29 is 12.8 Å². The molecule has 0 N–H and O–H groups in total. The van der Waals surface area contributed by atoms with E-state index < -0.39 is 16.1 Å². The van der Waals surface area contributed by atoms with E-state index in [0.29, 0.717) is 23.9 Å². The van der Waals surface area contributed by atoms with Crippen LogP contribution in [-0.4, -0.2) is 25.3 Å². The van der Waals surface area contributed by atoms with E-state index in [-0.39, 0.29) is 4.90 Å². The maximum Gasteiger partial charge on any atom is 0.248 e. The summed E-state index contributed by atoms with van der Waals surface area (Å²) in [7, 11) is -3.62. The Kier molecular flexibility index (Phi) is 3.06. The van der Waals surface area contributed by atoms with Crippen LogP contribution in [0.5, 0.6) is 0 Å². The van der Waals surface area contributed by atoms with Gasteiger partial charge in [0.25, 0.3) is 0 Å². The van der Waals surface area contributed by atoms with E-state index in [1.54, 1.807) is 0 Å². The van der Waals surface area contributed by atoms with Crippen molar-refractivity contribution in [3.8, 4) is 6.07 Å².